The molecule has 1 aromatic rings. The maximum Gasteiger partial charge on any atom is 0.238 e. The van der Waals surface area contributed by atoms with Crippen LogP contribution in [0.2, 0.25) is 5.02 Å². The molecule has 29 heavy (non-hydrogen) atoms. The Morgan fingerprint density at radius 2 is 1.66 bits per heavy atom. The fourth-order valence-electron chi connectivity index (χ4n) is 4.55. The van der Waals surface area contributed by atoms with Crippen LogP contribution in [0.5, 0.6) is 0 Å². The SMILES string of the molecule is CC(C)(C)C1CCC(C(=O)N2CCN(CC(=O)Nc3ccccc3Cl)CC2)CC1. The van der Waals surface area contributed by atoms with Crippen molar-refractivity contribution >= 4 is 29.1 Å². The van der Waals surface area contributed by atoms with Crippen molar-refractivity contribution in [3.05, 3.63) is 29.3 Å². The van der Waals surface area contributed by atoms with Gasteiger partial charge in [0.2, 0.25) is 11.8 Å². The van der Waals surface area contributed by atoms with E-state index in [-0.39, 0.29) is 11.8 Å². The molecule has 1 saturated heterocycles. The molecule has 1 heterocycles. The van der Waals surface area contributed by atoms with Gasteiger partial charge in [-0.2, -0.15) is 0 Å². The molecule has 6 heteroatoms. The van der Waals surface area contributed by atoms with E-state index >= 15 is 0 Å². The van der Waals surface area contributed by atoms with Crippen molar-refractivity contribution in [1.29, 1.82) is 0 Å². The number of para-hydroxylation sites is 1. The summed E-state index contributed by atoms with van der Waals surface area (Å²) in [7, 11) is 0. The molecule has 5 nitrogen and oxygen atoms in total. The summed E-state index contributed by atoms with van der Waals surface area (Å²) < 4.78 is 0. The molecule has 1 N–H and O–H groups in total. The first-order valence-corrected chi connectivity index (χ1v) is 11.2. The van der Waals surface area contributed by atoms with Gasteiger partial charge in [0.25, 0.3) is 0 Å². The Morgan fingerprint density at radius 3 is 2.24 bits per heavy atom. The van der Waals surface area contributed by atoms with Crippen molar-refractivity contribution in [2.75, 3.05) is 38.0 Å². The average Bonchev–Trinajstić information content (AvgIpc) is 2.69. The second kappa shape index (κ2) is 9.48. The minimum absolute atomic E-state index is 0.0709. The van der Waals surface area contributed by atoms with E-state index in [2.05, 4.69) is 31.0 Å². The quantitative estimate of drug-likeness (QED) is 0.792. The highest BCUT2D eigenvalue weighted by Crippen LogP contribution is 2.40. The van der Waals surface area contributed by atoms with E-state index < -0.39 is 0 Å². The topological polar surface area (TPSA) is 52.7 Å². The van der Waals surface area contributed by atoms with Crippen LogP contribution < -0.4 is 5.32 Å². The van der Waals surface area contributed by atoms with Gasteiger partial charge >= 0.3 is 0 Å². The first kappa shape index (κ1) is 22.1. The third-order valence-corrected chi connectivity index (χ3v) is 6.83. The maximum atomic E-state index is 12.9. The first-order valence-electron chi connectivity index (χ1n) is 10.8. The van der Waals surface area contributed by atoms with Crippen molar-refractivity contribution in [2.24, 2.45) is 17.3 Å². The van der Waals surface area contributed by atoms with Crippen molar-refractivity contribution in [3.63, 3.8) is 0 Å². The molecule has 0 spiro atoms. The Balaban J connectivity index is 1.42. The number of hydrogen-bond acceptors (Lipinski definition) is 3. The summed E-state index contributed by atoms with van der Waals surface area (Å²) in [4.78, 5) is 29.4. The summed E-state index contributed by atoms with van der Waals surface area (Å²) in [6.07, 6.45) is 4.34. The van der Waals surface area contributed by atoms with E-state index in [0.717, 1.165) is 44.7 Å². The van der Waals surface area contributed by atoms with Gasteiger partial charge in [-0.15, -0.1) is 0 Å². The van der Waals surface area contributed by atoms with Crippen LogP contribution in [0, 0.1) is 17.3 Å². The standard InChI is InChI=1S/C23H34ClN3O2/c1-23(2,3)18-10-8-17(9-11-18)22(29)27-14-12-26(13-15-27)16-21(28)25-20-7-5-4-6-19(20)24/h4-7,17-18H,8-16H2,1-3H3,(H,25,28). The lowest BCUT2D eigenvalue weighted by molar-refractivity contribution is -0.139. The van der Waals surface area contributed by atoms with Crippen LogP contribution in [0.25, 0.3) is 0 Å². The Labute approximate surface area is 179 Å². The molecule has 3 rings (SSSR count). The second-order valence-corrected chi connectivity index (χ2v) is 9.95. The molecule has 0 atom stereocenters. The summed E-state index contributed by atoms with van der Waals surface area (Å²) in [5, 5.41) is 3.41. The third kappa shape index (κ3) is 5.95. The van der Waals surface area contributed by atoms with E-state index in [9.17, 15) is 9.59 Å². The molecule has 0 aromatic heterocycles. The number of amides is 2. The zero-order valence-corrected chi connectivity index (χ0v) is 18.7. The zero-order chi connectivity index (χ0) is 21.0. The summed E-state index contributed by atoms with van der Waals surface area (Å²) >= 11 is 6.10. The van der Waals surface area contributed by atoms with Crippen molar-refractivity contribution in [2.45, 2.75) is 46.5 Å². The molecule has 0 radical (unpaired) electrons. The Bertz CT molecular complexity index is 715. The zero-order valence-electron chi connectivity index (χ0n) is 17.9. The fourth-order valence-corrected chi connectivity index (χ4v) is 4.73. The number of anilines is 1. The van der Waals surface area contributed by atoms with Crippen LogP contribution in [0.15, 0.2) is 24.3 Å². The van der Waals surface area contributed by atoms with Crippen molar-refractivity contribution < 1.29 is 9.59 Å². The van der Waals surface area contributed by atoms with E-state index in [4.69, 9.17) is 11.6 Å². The van der Waals surface area contributed by atoms with Gasteiger partial charge in [-0.05, 0) is 49.1 Å². The van der Waals surface area contributed by atoms with E-state index in [1.165, 1.54) is 0 Å². The highest BCUT2D eigenvalue weighted by atomic mass is 35.5. The van der Waals surface area contributed by atoms with E-state index in [1.807, 2.05) is 17.0 Å². The highest BCUT2D eigenvalue weighted by Gasteiger charge is 2.34. The van der Waals surface area contributed by atoms with Gasteiger partial charge in [0.15, 0.2) is 0 Å². The van der Waals surface area contributed by atoms with Gasteiger partial charge in [-0.1, -0.05) is 44.5 Å². The molecule has 1 aromatic carbocycles. The highest BCUT2D eigenvalue weighted by molar-refractivity contribution is 6.33. The van der Waals surface area contributed by atoms with Gasteiger partial charge in [0.05, 0.1) is 17.3 Å². The molecule has 0 unspecified atom stereocenters. The number of halogens is 1. The van der Waals surface area contributed by atoms with Crippen LogP contribution in [-0.4, -0.2) is 54.3 Å². The molecule has 1 saturated carbocycles. The van der Waals surface area contributed by atoms with Crippen LogP contribution in [0.1, 0.15) is 46.5 Å². The molecular weight excluding hydrogens is 386 g/mol. The first-order chi connectivity index (χ1) is 13.7. The minimum atomic E-state index is -0.0709. The number of nitrogens with zero attached hydrogens (tertiary/aromatic N) is 2. The number of benzene rings is 1. The Morgan fingerprint density at radius 1 is 1.03 bits per heavy atom. The normalized spacial score (nSPS) is 23.7. The minimum Gasteiger partial charge on any atom is -0.340 e. The van der Waals surface area contributed by atoms with Gasteiger partial charge in [0, 0.05) is 32.1 Å². The lowest BCUT2D eigenvalue weighted by Crippen LogP contribution is -2.52. The molecule has 2 aliphatic rings. The monoisotopic (exact) mass is 419 g/mol. The number of carbonyl (C=O) groups is 2. The Kier molecular flexibility index (Phi) is 7.23. The van der Waals surface area contributed by atoms with Crippen LogP contribution in [0.4, 0.5) is 5.69 Å². The second-order valence-electron chi connectivity index (χ2n) is 9.54. The van der Waals surface area contributed by atoms with Crippen LogP contribution in [0.3, 0.4) is 0 Å². The lowest BCUT2D eigenvalue weighted by Gasteiger charge is -2.40. The van der Waals surface area contributed by atoms with Crippen LogP contribution >= 0.6 is 11.6 Å². The molecule has 1 aliphatic heterocycles. The summed E-state index contributed by atoms with van der Waals surface area (Å²) in [5.41, 5.74) is 0.975. The predicted octanol–water partition coefficient (Wildman–Crippen LogP) is 4.28. The number of piperazine rings is 1. The average molecular weight is 420 g/mol. The summed E-state index contributed by atoms with van der Waals surface area (Å²) in [6, 6.07) is 7.24. The molecule has 0 bridgehead atoms. The van der Waals surface area contributed by atoms with Crippen molar-refractivity contribution in [3.8, 4) is 0 Å². The predicted molar refractivity (Wildman–Crippen MR) is 118 cm³/mol. The summed E-state index contributed by atoms with van der Waals surface area (Å²) in [6.45, 7) is 10.1. The fraction of sp³-hybridized carbons (Fsp3) is 0.652. The Hall–Kier alpha value is -1.59. The van der Waals surface area contributed by atoms with Gasteiger partial charge in [0.1, 0.15) is 0 Å². The molecule has 1 aliphatic carbocycles. The largest absolute Gasteiger partial charge is 0.340 e. The van der Waals surface area contributed by atoms with E-state index in [1.54, 1.807) is 12.1 Å². The number of hydrogen-bond donors (Lipinski definition) is 1. The number of nitrogens with one attached hydrogen (secondary N) is 1. The molecule has 160 valence electrons. The van der Waals surface area contributed by atoms with Gasteiger partial charge in [-0.3, -0.25) is 14.5 Å². The van der Waals surface area contributed by atoms with Crippen molar-refractivity contribution in [1.82, 2.24) is 9.80 Å². The number of carbonyl (C=O) groups excluding carboxylic acids is 2. The maximum absolute atomic E-state index is 12.9. The summed E-state index contributed by atoms with van der Waals surface area (Å²) in [5.74, 6) is 1.15. The lowest BCUT2D eigenvalue weighted by atomic mass is 9.69. The van der Waals surface area contributed by atoms with Gasteiger partial charge < -0.3 is 10.2 Å². The number of rotatable bonds is 4. The van der Waals surface area contributed by atoms with E-state index in [0.29, 0.717) is 41.7 Å². The van der Waals surface area contributed by atoms with Gasteiger partial charge in [-0.25, -0.2) is 0 Å². The third-order valence-electron chi connectivity index (χ3n) is 6.50. The van der Waals surface area contributed by atoms with Crippen LogP contribution in [-0.2, 0) is 9.59 Å². The smallest absolute Gasteiger partial charge is 0.238 e. The molecular formula is C23H34ClN3O2. The molecule has 2 amide bonds. The molecule has 2 fully saturated rings.